The minimum absolute atomic E-state index is 0.359. The fourth-order valence-corrected chi connectivity index (χ4v) is 2.00. The van der Waals surface area contributed by atoms with Crippen LogP contribution in [0.15, 0.2) is 30.3 Å². The summed E-state index contributed by atoms with van der Waals surface area (Å²) in [4.78, 5) is 22.9. The minimum atomic E-state index is -0.728. The number of amides is 3. The molecular formula is C10H8Cl2N2O2. The maximum Gasteiger partial charge on any atom is 0.357 e. The van der Waals surface area contributed by atoms with Crippen molar-refractivity contribution >= 4 is 35.5 Å². The normalized spacial score (nSPS) is 20.8. The summed E-state index contributed by atoms with van der Waals surface area (Å²) in [5.74, 6) is -0.495. The number of imide groups is 1. The molecule has 0 bridgehead atoms. The van der Waals surface area contributed by atoms with Crippen LogP contribution in [0.4, 0.5) is 4.79 Å². The third-order valence-electron chi connectivity index (χ3n) is 2.37. The highest BCUT2D eigenvalue weighted by molar-refractivity contribution is 6.38. The van der Waals surface area contributed by atoms with E-state index in [1.165, 1.54) is 0 Å². The largest absolute Gasteiger partial charge is 0.357 e. The van der Waals surface area contributed by atoms with Gasteiger partial charge in [0.25, 0.3) is 5.91 Å². The molecule has 1 aliphatic rings. The highest BCUT2D eigenvalue weighted by Crippen LogP contribution is 2.24. The zero-order chi connectivity index (χ0) is 11.7. The Hall–Kier alpha value is -1.26. The van der Waals surface area contributed by atoms with Crippen molar-refractivity contribution < 1.29 is 9.59 Å². The Labute approximate surface area is 103 Å². The van der Waals surface area contributed by atoms with Gasteiger partial charge in [0.2, 0.25) is 0 Å². The van der Waals surface area contributed by atoms with E-state index in [1.54, 1.807) is 0 Å². The number of carbonyl (C=O) groups excluding carboxylic acids is 2. The Morgan fingerprint density at radius 2 is 1.75 bits per heavy atom. The summed E-state index contributed by atoms with van der Waals surface area (Å²) in [6, 6.07) is 7.88. The summed E-state index contributed by atoms with van der Waals surface area (Å²) in [5.41, 5.74) is 0.922. The molecule has 84 valence electrons. The number of carbonyl (C=O) groups is 2. The molecule has 0 aromatic heterocycles. The molecule has 0 unspecified atom stereocenters. The van der Waals surface area contributed by atoms with Crippen LogP contribution in [-0.2, 0) is 11.2 Å². The topological polar surface area (TPSA) is 40.6 Å². The number of halogens is 2. The average Bonchev–Trinajstić information content (AvgIpc) is 2.48. The highest BCUT2D eigenvalue weighted by atomic mass is 35.5. The standard InChI is InChI=1S/C10H8Cl2N2O2/c11-13-8(9(15)14(12)10(13)16)6-7-4-2-1-3-5-7/h1-5,8H,6H2/t8-/m0/s1. The van der Waals surface area contributed by atoms with Crippen LogP contribution in [0.25, 0.3) is 0 Å². The lowest BCUT2D eigenvalue weighted by atomic mass is 10.1. The van der Waals surface area contributed by atoms with Gasteiger partial charge in [-0.05, 0) is 5.56 Å². The predicted octanol–water partition coefficient (Wildman–Crippen LogP) is 2.17. The van der Waals surface area contributed by atoms with Crippen LogP contribution in [0.3, 0.4) is 0 Å². The molecule has 1 fully saturated rings. The zero-order valence-corrected chi connectivity index (χ0v) is 9.65. The van der Waals surface area contributed by atoms with Gasteiger partial charge in [-0.3, -0.25) is 4.79 Å². The summed E-state index contributed by atoms with van der Waals surface area (Å²) in [5, 5.41) is 0. The molecule has 1 saturated heterocycles. The maximum absolute atomic E-state index is 11.6. The Morgan fingerprint density at radius 3 is 2.25 bits per heavy atom. The Kier molecular flexibility index (Phi) is 3.03. The van der Waals surface area contributed by atoms with Crippen molar-refractivity contribution in [1.29, 1.82) is 0 Å². The molecule has 1 aromatic rings. The van der Waals surface area contributed by atoms with E-state index in [9.17, 15) is 9.59 Å². The van der Waals surface area contributed by atoms with Crippen LogP contribution in [0.1, 0.15) is 5.56 Å². The van der Waals surface area contributed by atoms with E-state index in [-0.39, 0.29) is 0 Å². The van der Waals surface area contributed by atoms with Crippen LogP contribution < -0.4 is 0 Å². The summed E-state index contributed by atoms with van der Waals surface area (Å²) in [6.45, 7) is 0. The van der Waals surface area contributed by atoms with E-state index in [1.807, 2.05) is 30.3 Å². The minimum Gasteiger partial charge on any atom is -0.271 e. The van der Waals surface area contributed by atoms with Crippen molar-refractivity contribution in [2.75, 3.05) is 0 Å². The van der Waals surface area contributed by atoms with Gasteiger partial charge in [0.15, 0.2) is 0 Å². The molecule has 16 heavy (non-hydrogen) atoms. The van der Waals surface area contributed by atoms with Crippen LogP contribution >= 0.6 is 23.6 Å². The molecule has 0 saturated carbocycles. The number of benzene rings is 1. The van der Waals surface area contributed by atoms with Crippen molar-refractivity contribution in [2.45, 2.75) is 12.5 Å². The number of hydrogen-bond acceptors (Lipinski definition) is 2. The van der Waals surface area contributed by atoms with E-state index in [0.29, 0.717) is 10.8 Å². The molecule has 1 atom stereocenters. The molecule has 1 aromatic carbocycles. The number of hydrogen-bond donors (Lipinski definition) is 0. The fraction of sp³-hybridized carbons (Fsp3) is 0.200. The molecule has 4 nitrogen and oxygen atoms in total. The van der Waals surface area contributed by atoms with E-state index >= 15 is 0 Å². The summed E-state index contributed by atoms with van der Waals surface area (Å²) >= 11 is 11.2. The van der Waals surface area contributed by atoms with Crippen LogP contribution in [0, 0.1) is 0 Å². The van der Waals surface area contributed by atoms with Gasteiger partial charge in [-0.25, -0.2) is 9.21 Å². The molecule has 0 aliphatic carbocycles. The molecule has 1 heterocycles. The van der Waals surface area contributed by atoms with Gasteiger partial charge in [0.05, 0.1) is 0 Å². The monoisotopic (exact) mass is 258 g/mol. The first-order valence-corrected chi connectivity index (χ1v) is 5.31. The first-order valence-electron chi connectivity index (χ1n) is 4.64. The zero-order valence-electron chi connectivity index (χ0n) is 8.14. The lowest BCUT2D eigenvalue weighted by Gasteiger charge is -2.12. The first kappa shape index (κ1) is 11.2. The summed E-state index contributed by atoms with van der Waals surface area (Å²) in [6.07, 6.45) is 0.359. The SMILES string of the molecule is O=C1[C@H](Cc2ccccc2)N(Cl)C(=O)N1Cl. The third kappa shape index (κ3) is 1.86. The van der Waals surface area contributed by atoms with Crippen LogP contribution in [0.2, 0.25) is 0 Å². The second-order valence-electron chi connectivity index (χ2n) is 3.42. The smallest absolute Gasteiger partial charge is 0.271 e. The average molecular weight is 259 g/mol. The molecule has 2 rings (SSSR count). The van der Waals surface area contributed by atoms with Gasteiger partial charge in [0, 0.05) is 30.0 Å². The molecular weight excluding hydrogens is 251 g/mol. The third-order valence-corrected chi connectivity index (χ3v) is 3.07. The number of urea groups is 1. The van der Waals surface area contributed by atoms with Gasteiger partial charge in [-0.15, -0.1) is 0 Å². The Balaban J connectivity index is 2.17. The van der Waals surface area contributed by atoms with Crippen molar-refractivity contribution in [1.82, 2.24) is 8.84 Å². The van der Waals surface area contributed by atoms with E-state index in [0.717, 1.165) is 9.98 Å². The van der Waals surface area contributed by atoms with Crippen LogP contribution in [0.5, 0.6) is 0 Å². The van der Waals surface area contributed by atoms with Crippen molar-refractivity contribution in [2.24, 2.45) is 0 Å². The molecule has 6 heteroatoms. The van der Waals surface area contributed by atoms with E-state index in [4.69, 9.17) is 23.6 Å². The molecule has 1 aliphatic heterocycles. The molecule has 3 amide bonds. The molecule has 0 radical (unpaired) electrons. The van der Waals surface area contributed by atoms with Crippen molar-refractivity contribution in [3.05, 3.63) is 35.9 Å². The maximum atomic E-state index is 11.6. The van der Waals surface area contributed by atoms with Crippen molar-refractivity contribution in [3.8, 4) is 0 Å². The number of nitrogens with zero attached hydrogens (tertiary/aromatic N) is 2. The lowest BCUT2D eigenvalue weighted by molar-refractivity contribution is -0.124. The van der Waals surface area contributed by atoms with E-state index < -0.39 is 18.0 Å². The predicted molar refractivity (Wildman–Crippen MR) is 59.7 cm³/mol. The molecule has 0 spiro atoms. The second kappa shape index (κ2) is 4.31. The van der Waals surface area contributed by atoms with Gasteiger partial charge >= 0.3 is 6.03 Å². The number of rotatable bonds is 2. The molecule has 0 N–H and O–H groups in total. The quantitative estimate of drug-likeness (QED) is 0.603. The van der Waals surface area contributed by atoms with Crippen molar-refractivity contribution in [3.63, 3.8) is 0 Å². The van der Waals surface area contributed by atoms with Gasteiger partial charge in [0.1, 0.15) is 6.04 Å². The van der Waals surface area contributed by atoms with Gasteiger partial charge in [-0.1, -0.05) is 30.3 Å². The highest BCUT2D eigenvalue weighted by Gasteiger charge is 2.44. The lowest BCUT2D eigenvalue weighted by Crippen LogP contribution is -2.29. The summed E-state index contributed by atoms with van der Waals surface area (Å²) in [7, 11) is 0. The first-order chi connectivity index (χ1) is 7.61. The van der Waals surface area contributed by atoms with Gasteiger partial charge in [-0.2, -0.15) is 4.42 Å². The Morgan fingerprint density at radius 1 is 1.12 bits per heavy atom. The van der Waals surface area contributed by atoms with Gasteiger partial charge < -0.3 is 0 Å². The summed E-state index contributed by atoms with van der Waals surface area (Å²) < 4.78 is 1.35. The van der Waals surface area contributed by atoms with Crippen LogP contribution in [-0.4, -0.2) is 26.8 Å². The fourth-order valence-electron chi connectivity index (χ4n) is 1.54. The second-order valence-corrected chi connectivity index (χ2v) is 4.12. The van der Waals surface area contributed by atoms with E-state index in [2.05, 4.69) is 0 Å². The Bertz CT molecular complexity index is 424.